The molecule has 0 radical (unpaired) electrons. The second-order valence-corrected chi connectivity index (χ2v) is 8.68. The lowest BCUT2D eigenvalue weighted by Crippen LogP contribution is -2.38. The summed E-state index contributed by atoms with van der Waals surface area (Å²) in [5.74, 6) is 0.255. The summed E-state index contributed by atoms with van der Waals surface area (Å²) in [5.41, 5.74) is 0.499. The zero-order valence-corrected chi connectivity index (χ0v) is 17.4. The van der Waals surface area contributed by atoms with Gasteiger partial charge in [0.25, 0.3) is 0 Å². The highest BCUT2D eigenvalue weighted by Gasteiger charge is 2.49. The third-order valence-electron chi connectivity index (χ3n) is 6.38. The van der Waals surface area contributed by atoms with Crippen LogP contribution in [0.2, 0.25) is 5.02 Å². The number of ether oxygens (including phenoxy) is 1. The molecule has 6 nitrogen and oxygen atoms in total. The number of hydrogen-bond acceptors (Lipinski definition) is 5. The number of aliphatic carboxylic acids is 1. The minimum Gasteiger partial charge on any atom is -0.493 e. The molecule has 160 valence electrons. The number of carboxylic acid groups (broad SMARTS) is 1. The Bertz CT molecular complexity index is 897. The Morgan fingerprint density at radius 1 is 1.27 bits per heavy atom. The zero-order chi connectivity index (χ0) is 21.1. The molecule has 1 saturated carbocycles. The first-order valence-corrected chi connectivity index (χ1v) is 10.7. The number of carbonyl (C=O) groups is 1. The molecule has 1 saturated heterocycles. The van der Waals surface area contributed by atoms with Crippen LogP contribution in [0.15, 0.2) is 30.6 Å². The van der Waals surface area contributed by atoms with Gasteiger partial charge in [-0.2, -0.15) is 0 Å². The number of piperidine rings is 1. The maximum Gasteiger partial charge on any atom is 0.307 e. The molecule has 30 heavy (non-hydrogen) atoms. The molecule has 4 rings (SSSR count). The van der Waals surface area contributed by atoms with Crippen LogP contribution in [0.25, 0.3) is 0 Å². The average Bonchev–Trinajstić information content (AvgIpc) is 3.51. The summed E-state index contributed by atoms with van der Waals surface area (Å²) in [6.07, 6.45) is 8.52. The predicted octanol–water partition coefficient (Wildman–Crippen LogP) is 4.36. The van der Waals surface area contributed by atoms with Crippen molar-refractivity contribution in [3.8, 4) is 5.75 Å². The number of benzene rings is 1. The number of rotatable bonds is 8. The number of aromatic nitrogens is 2. The van der Waals surface area contributed by atoms with Gasteiger partial charge in [-0.15, -0.1) is 0 Å². The first-order chi connectivity index (χ1) is 14.4. The smallest absolute Gasteiger partial charge is 0.307 e. The van der Waals surface area contributed by atoms with E-state index < -0.39 is 11.8 Å². The van der Waals surface area contributed by atoms with Crippen molar-refractivity contribution in [1.29, 1.82) is 0 Å². The average molecular weight is 434 g/mol. The fraction of sp³-hybridized carbons (Fsp3) is 0.500. The molecule has 8 heteroatoms. The van der Waals surface area contributed by atoms with Gasteiger partial charge in [0.1, 0.15) is 11.6 Å². The summed E-state index contributed by atoms with van der Waals surface area (Å²) in [7, 11) is 0. The molecule has 0 spiro atoms. The van der Waals surface area contributed by atoms with Crippen LogP contribution in [0.3, 0.4) is 0 Å². The largest absolute Gasteiger partial charge is 0.493 e. The third-order valence-corrected chi connectivity index (χ3v) is 6.57. The zero-order valence-electron chi connectivity index (χ0n) is 16.7. The van der Waals surface area contributed by atoms with Gasteiger partial charge in [-0.25, -0.2) is 14.4 Å². The lowest BCUT2D eigenvalue weighted by molar-refractivity contribution is -0.136. The lowest BCUT2D eigenvalue weighted by atomic mass is 9.79. The standard InChI is InChI=1S/C22H25ClFN3O3/c23-17-13-25-21(26-14-17)27-8-3-16(4-9-27)22(5-6-22)7-10-30-18-2-1-15(11-20(28)29)19(24)12-18/h1-2,12-14,16H,3-11H2,(H,28,29). The van der Waals surface area contributed by atoms with E-state index in [4.69, 9.17) is 21.4 Å². The summed E-state index contributed by atoms with van der Waals surface area (Å²) in [6.45, 7) is 2.41. The van der Waals surface area contributed by atoms with Crippen LogP contribution in [0, 0.1) is 17.2 Å². The van der Waals surface area contributed by atoms with Crippen LogP contribution in [-0.4, -0.2) is 40.7 Å². The first kappa shape index (κ1) is 20.8. The van der Waals surface area contributed by atoms with Crippen molar-refractivity contribution in [3.05, 3.63) is 47.0 Å². The van der Waals surface area contributed by atoms with E-state index in [9.17, 15) is 9.18 Å². The Kier molecular flexibility index (Phi) is 6.09. The van der Waals surface area contributed by atoms with E-state index >= 15 is 0 Å². The van der Waals surface area contributed by atoms with Gasteiger partial charge in [0, 0.05) is 19.2 Å². The molecule has 0 unspecified atom stereocenters. The third kappa shape index (κ3) is 4.83. The van der Waals surface area contributed by atoms with Gasteiger partial charge in [0.15, 0.2) is 0 Å². The van der Waals surface area contributed by atoms with Crippen LogP contribution in [0.5, 0.6) is 5.75 Å². The first-order valence-electron chi connectivity index (χ1n) is 10.3. The normalized spacial score (nSPS) is 18.3. The number of hydrogen-bond donors (Lipinski definition) is 1. The van der Waals surface area contributed by atoms with Gasteiger partial charge in [-0.1, -0.05) is 17.7 Å². The minimum atomic E-state index is -1.05. The summed E-state index contributed by atoms with van der Waals surface area (Å²) >= 11 is 5.87. The van der Waals surface area contributed by atoms with Crippen molar-refractivity contribution in [3.63, 3.8) is 0 Å². The fourth-order valence-electron chi connectivity index (χ4n) is 4.48. The molecule has 0 atom stereocenters. The van der Waals surface area contributed by atoms with Crippen molar-refractivity contribution in [1.82, 2.24) is 9.97 Å². The Morgan fingerprint density at radius 3 is 2.57 bits per heavy atom. The molecule has 0 amide bonds. The molecular weight excluding hydrogens is 409 g/mol. The Hall–Kier alpha value is -2.41. The van der Waals surface area contributed by atoms with Crippen molar-refractivity contribution in [2.75, 3.05) is 24.6 Å². The van der Waals surface area contributed by atoms with Crippen molar-refractivity contribution >= 4 is 23.5 Å². The molecule has 1 aromatic heterocycles. The van der Waals surface area contributed by atoms with E-state index in [0.717, 1.165) is 38.3 Å². The van der Waals surface area contributed by atoms with Crippen LogP contribution in [-0.2, 0) is 11.2 Å². The second-order valence-electron chi connectivity index (χ2n) is 8.25. The molecule has 1 aromatic carbocycles. The van der Waals surface area contributed by atoms with E-state index in [2.05, 4.69) is 14.9 Å². The van der Waals surface area contributed by atoms with Crippen LogP contribution in [0.1, 0.15) is 37.7 Å². The Morgan fingerprint density at radius 2 is 1.97 bits per heavy atom. The van der Waals surface area contributed by atoms with Gasteiger partial charge >= 0.3 is 5.97 Å². The highest BCUT2D eigenvalue weighted by atomic mass is 35.5. The quantitative estimate of drug-likeness (QED) is 0.666. The van der Waals surface area contributed by atoms with E-state index in [-0.39, 0.29) is 12.0 Å². The summed E-state index contributed by atoms with van der Waals surface area (Å²) in [4.78, 5) is 21.6. The van der Waals surface area contributed by atoms with E-state index in [0.29, 0.717) is 28.7 Å². The van der Waals surface area contributed by atoms with Gasteiger partial charge in [0.2, 0.25) is 5.95 Å². The van der Waals surface area contributed by atoms with E-state index in [1.165, 1.54) is 25.0 Å². The molecule has 1 N–H and O–H groups in total. The molecular formula is C22H25ClFN3O3. The lowest BCUT2D eigenvalue weighted by Gasteiger charge is -2.36. The van der Waals surface area contributed by atoms with E-state index in [1.54, 1.807) is 18.5 Å². The molecule has 2 aliphatic rings. The SMILES string of the molecule is O=C(O)Cc1ccc(OCCC2(C3CCN(c4ncc(Cl)cn4)CC3)CC2)cc1F. The molecule has 2 heterocycles. The molecule has 2 fully saturated rings. The molecule has 1 aliphatic heterocycles. The molecule has 1 aliphatic carbocycles. The summed E-state index contributed by atoms with van der Waals surface area (Å²) in [5, 5.41) is 9.34. The topological polar surface area (TPSA) is 75.6 Å². The van der Waals surface area contributed by atoms with Crippen molar-refractivity contribution in [2.24, 2.45) is 11.3 Å². The highest BCUT2D eigenvalue weighted by Crippen LogP contribution is 2.57. The van der Waals surface area contributed by atoms with Crippen LogP contribution >= 0.6 is 11.6 Å². The number of carboxylic acids is 1. The predicted molar refractivity (Wildman–Crippen MR) is 111 cm³/mol. The Labute approximate surface area is 180 Å². The molecule has 2 aromatic rings. The number of anilines is 1. The highest BCUT2D eigenvalue weighted by molar-refractivity contribution is 6.30. The van der Waals surface area contributed by atoms with Gasteiger partial charge in [0.05, 0.1) is 30.4 Å². The Balaban J connectivity index is 1.26. The monoisotopic (exact) mass is 433 g/mol. The fourth-order valence-corrected chi connectivity index (χ4v) is 4.58. The minimum absolute atomic E-state index is 0.171. The van der Waals surface area contributed by atoms with Crippen LogP contribution in [0.4, 0.5) is 10.3 Å². The number of halogens is 2. The van der Waals surface area contributed by atoms with Gasteiger partial charge < -0.3 is 14.7 Å². The molecule has 0 bridgehead atoms. The van der Waals surface area contributed by atoms with Crippen LogP contribution < -0.4 is 9.64 Å². The van der Waals surface area contributed by atoms with Gasteiger partial charge in [-0.3, -0.25) is 4.79 Å². The summed E-state index contributed by atoms with van der Waals surface area (Å²) < 4.78 is 19.8. The summed E-state index contributed by atoms with van der Waals surface area (Å²) in [6, 6.07) is 4.41. The van der Waals surface area contributed by atoms with Gasteiger partial charge in [-0.05, 0) is 55.1 Å². The maximum absolute atomic E-state index is 14.0. The number of nitrogens with zero attached hydrogens (tertiary/aromatic N) is 3. The van der Waals surface area contributed by atoms with E-state index in [1.807, 2.05) is 0 Å². The second kappa shape index (κ2) is 8.76. The maximum atomic E-state index is 14.0. The van der Waals surface area contributed by atoms with Crippen molar-refractivity contribution in [2.45, 2.75) is 38.5 Å². The van der Waals surface area contributed by atoms with Crippen molar-refractivity contribution < 1.29 is 19.0 Å².